The molecule has 1 amide bonds. The van der Waals surface area contributed by atoms with Crippen LogP contribution in [-0.2, 0) is 4.79 Å². The quantitative estimate of drug-likeness (QED) is 0.525. The molecule has 3 rings (SSSR count). The van der Waals surface area contributed by atoms with Crippen LogP contribution in [0.15, 0.2) is 84.9 Å². The van der Waals surface area contributed by atoms with E-state index in [0.29, 0.717) is 22.7 Å². The van der Waals surface area contributed by atoms with Gasteiger partial charge in [-0.3, -0.25) is 4.79 Å². The van der Waals surface area contributed by atoms with E-state index < -0.39 is 12.1 Å². The van der Waals surface area contributed by atoms with Crippen LogP contribution < -0.4 is 14.8 Å². The van der Waals surface area contributed by atoms with Crippen LogP contribution in [0.1, 0.15) is 17.3 Å². The molecule has 0 aliphatic carbocycles. The second kappa shape index (κ2) is 8.67. The summed E-state index contributed by atoms with van der Waals surface area (Å²) in [5, 5.41) is 2.79. The molecule has 1 N–H and O–H groups in total. The van der Waals surface area contributed by atoms with Crippen molar-refractivity contribution in [2.24, 2.45) is 0 Å². The normalized spacial score (nSPS) is 11.3. The van der Waals surface area contributed by atoms with E-state index in [2.05, 4.69) is 5.32 Å². The van der Waals surface area contributed by atoms with Gasteiger partial charge in [0.15, 0.2) is 6.10 Å². The van der Waals surface area contributed by atoms with Gasteiger partial charge in [0.1, 0.15) is 11.5 Å². The first-order valence-electron chi connectivity index (χ1n) is 8.52. The standard InChI is InChI=1S/C22H19NO4/c1-16(26-19-10-6-3-7-11-19)22(25)27-20-14-12-18(13-15-20)23-21(24)17-8-4-2-5-9-17/h2-16H,1H3,(H,23,24). The first kappa shape index (κ1) is 18.2. The fourth-order valence-electron chi connectivity index (χ4n) is 2.35. The Labute approximate surface area is 157 Å². The Kier molecular flexibility index (Phi) is 5.84. The van der Waals surface area contributed by atoms with E-state index in [4.69, 9.17) is 9.47 Å². The summed E-state index contributed by atoms with van der Waals surface area (Å²) >= 11 is 0. The number of benzene rings is 3. The molecule has 1 atom stereocenters. The molecule has 0 saturated carbocycles. The molecule has 5 heteroatoms. The largest absolute Gasteiger partial charge is 0.479 e. The highest BCUT2D eigenvalue weighted by molar-refractivity contribution is 6.04. The number of carbonyl (C=O) groups excluding carboxylic acids is 2. The lowest BCUT2D eigenvalue weighted by Crippen LogP contribution is -2.28. The molecule has 0 aliphatic rings. The molecule has 0 heterocycles. The van der Waals surface area contributed by atoms with Crippen LogP contribution in [0, 0.1) is 0 Å². The second-order valence-corrected chi connectivity index (χ2v) is 5.84. The molecule has 0 spiro atoms. The number of nitrogens with one attached hydrogen (secondary N) is 1. The SMILES string of the molecule is CC(Oc1ccccc1)C(=O)Oc1ccc(NC(=O)c2ccccc2)cc1. The minimum atomic E-state index is -0.746. The number of esters is 1. The second-order valence-electron chi connectivity index (χ2n) is 5.84. The zero-order chi connectivity index (χ0) is 19.1. The molecule has 0 fully saturated rings. The van der Waals surface area contributed by atoms with E-state index in [9.17, 15) is 9.59 Å². The van der Waals surface area contributed by atoms with E-state index in [1.165, 1.54) is 0 Å². The third-order valence-electron chi connectivity index (χ3n) is 3.75. The molecular formula is C22H19NO4. The van der Waals surface area contributed by atoms with E-state index in [-0.39, 0.29) is 5.91 Å². The third kappa shape index (κ3) is 5.19. The summed E-state index contributed by atoms with van der Waals surface area (Å²) in [6.07, 6.45) is -0.746. The molecule has 0 aromatic heterocycles. The van der Waals surface area contributed by atoms with Crippen LogP contribution in [0.3, 0.4) is 0 Å². The summed E-state index contributed by atoms with van der Waals surface area (Å²) in [6.45, 7) is 1.63. The number of hydrogen-bond acceptors (Lipinski definition) is 4. The van der Waals surface area contributed by atoms with Crippen molar-refractivity contribution in [3.8, 4) is 11.5 Å². The summed E-state index contributed by atoms with van der Waals surface area (Å²) in [4.78, 5) is 24.3. The molecule has 136 valence electrons. The maximum Gasteiger partial charge on any atom is 0.352 e. The number of anilines is 1. The van der Waals surface area contributed by atoms with Gasteiger partial charge in [0, 0.05) is 11.3 Å². The summed E-state index contributed by atoms with van der Waals surface area (Å²) in [5.74, 6) is 0.271. The van der Waals surface area contributed by atoms with Gasteiger partial charge in [0.25, 0.3) is 5.91 Å². The number of amides is 1. The smallest absolute Gasteiger partial charge is 0.352 e. The first-order chi connectivity index (χ1) is 13.1. The van der Waals surface area contributed by atoms with Gasteiger partial charge in [0.2, 0.25) is 0 Å². The zero-order valence-corrected chi connectivity index (χ0v) is 14.8. The Morgan fingerprint density at radius 2 is 1.37 bits per heavy atom. The Balaban J connectivity index is 1.55. The van der Waals surface area contributed by atoms with Crippen molar-refractivity contribution in [2.75, 3.05) is 5.32 Å². The van der Waals surface area contributed by atoms with E-state index >= 15 is 0 Å². The van der Waals surface area contributed by atoms with Crippen LogP contribution in [0.2, 0.25) is 0 Å². The summed E-state index contributed by atoms with van der Waals surface area (Å²) in [6, 6.07) is 24.6. The maximum atomic E-state index is 12.1. The fraction of sp³-hybridized carbons (Fsp3) is 0.0909. The van der Waals surface area contributed by atoms with Crippen LogP contribution in [0.5, 0.6) is 11.5 Å². The molecule has 0 saturated heterocycles. The molecule has 1 unspecified atom stereocenters. The Morgan fingerprint density at radius 3 is 2.00 bits per heavy atom. The van der Waals surface area contributed by atoms with Crippen molar-refractivity contribution in [3.63, 3.8) is 0 Å². The van der Waals surface area contributed by atoms with E-state index in [0.717, 1.165) is 0 Å². The minimum absolute atomic E-state index is 0.203. The third-order valence-corrected chi connectivity index (χ3v) is 3.75. The fourth-order valence-corrected chi connectivity index (χ4v) is 2.35. The summed E-state index contributed by atoms with van der Waals surface area (Å²) in [5.41, 5.74) is 1.18. The van der Waals surface area contributed by atoms with Crippen LogP contribution >= 0.6 is 0 Å². The molecule has 3 aromatic carbocycles. The number of ether oxygens (including phenoxy) is 2. The van der Waals surface area contributed by atoms with Gasteiger partial charge in [-0.2, -0.15) is 0 Å². The maximum absolute atomic E-state index is 12.1. The zero-order valence-electron chi connectivity index (χ0n) is 14.8. The number of carbonyl (C=O) groups is 2. The molecule has 3 aromatic rings. The average Bonchev–Trinajstić information content (AvgIpc) is 2.71. The van der Waals surface area contributed by atoms with Gasteiger partial charge in [-0.05, 0) is 55.5 Å². The molecule has 27 heavy (non-hydrogen) atoms. The Bertz CT molecular complexity index is 893. The van der Waals surface area contributed by atoms with Crippen molar-refractivity contribution in [2.45, 2.75) is 13.0 Å². The van der Waals surface area contributed by atoms with Crippen molar-refractivity contribution in [3.05, 3.63) is 90.5 Å². The van der Waals surface area contributed by atoms with Crippen LogP contribution in [-0.4, -0.2) is 18.0 Å². The van der Waals surface area contributed by atoms with Gasteiger partial charge in [-0.25, -0.2) is 4.79 Å². The lowest BCUT2D eigenvalue weighted by atomic mass is 10.2. The topological polar surface area (TPSA) is 64.6 Å². The van der Waals surface area contributed by atoms with E-state index in [1.807, 2.05) is 24.3 Å². The predicted octanol–water partition coefficient (Wildman–Crippen LogP) is 4.31. The number of hydrogen-bond donors (Lipinski definition) is 1. The Hall–Kier alpha value is -3.60. The van der Waals surface area contributed by atoms with Crippen LogP contribution in [0.25, 0.3) is 0 Å². The van der Waals surface area contributed by atoms with Crippen molar-refractivity contribution in [1.29, 1.82) is 0 Å². The first-order valence-corrected chi connectivity index (χ1v) is 8.52. The van der Waals surface area contributed by atoms with Gasteiger partial charge in [0.05, 0.1) is 0 Å². The molecule has 0 aliphatic heterocycles. The summed E-state index contributed by atoms with van der Waals surface area (Å²) < 4.78 is 10.9. The summed E-state index contributed by atoms with van der Waals surface area (Å²) in [7, 11) is 0. The highest BCUT2D eigenvalue weighted by Gasteiger charge is 2.17. The van der Waals surface area contributed by atoms with Crippen molar-refractivity contribution < 1.29 is 19.1 Å². The highest BCUT2D eigenvalue weighted by Crippen LogP contribution is 2.18. The van der Waals surface area contributed by atoms with Crippen molar-refractivity contribution >= 4 is 17.6 Å². The monoisotopic (exact) mass is 361 g/mol. The average molecular weight is 361 g/mol. The number of para-hydroxylation sites is 1. The lowest BCUT2D eigenvalue weighted by Gasteiger charge is -2.14. The lowest BCUT2D eigenvalue weighted by molar-refractivity contribution is -0.141. The Morgan fingerprint density at radius 1 is 0.778 bits per heavy atom. The molecule has 0 radical (unpaired) electrons. The van der Waals surface area contributed by atoms with Crippen LogP contribution in [0.4, 0.5) is 5.69 Å². The van der Waals surface area contributed by atoms with Gasteiger partial charge < -0.3 is 14.8 Å². The van der Waals surface area contributed by atoms with Gasteiger partial charge >= 0.3 is 5.97 Å². The van der Waals surface area contributed by atoms with Gasteiger partial charge in [-0.15, -0.1) is 0 Å². The highest BCUT2D eigenvalue weighted by atomic mass is 16.6. The van der Waals surface area contributed by atoms with Crippen molar-refractivity contribution in [1.82, 2.24) is 0 Å². The number of rotatable bonds is 6. The molecule has 0 bridgehead atoms. The van der Waals surface area contributed by atoms with Gasteiger partial charge in [-0.1, -0.05) is 36.4 Å². The molecular weight excluding hydrogens is 342 g/mol. The molecule has 5 nitrogen and oxygen atoms in total. The van der Waals surface area contributed by atoms with E-state index in [1.54, 1.807) is 67.6 Å². The predicted molar refractivity (Wildman–Crippen MR) is 103 cm³/mol. The minimum Gasteiger partial charge on any atom is -0.479 e.